The Labute approximate surface area is 342 Å². The maximum atomic E-state index is 12.4. The van der Waals surface area contributed by atoms with E-state index in [-0.39, 0.29) is 26.2 Å². The number of hydrogen-bond donors (Lipinski definition) is 1. The second kappa shape index (κ2) is 38.0. The maximum absolute atomic E-state index is 12.4. The molecule has 0 rings (SSSR count). The van der Waals surface area contributed by atoms with E-state index in [1.807, 2.05) is 63.7 Å². The number of carbonyl (C=O) groups is 1. The minimum Gasteiger partial charge on any atom is -0.756 e. The fraction of sp³-hybridized carbons (Fsp3) is 0.674. The number of aliphatic hydroxyl groups is 1. The summed E-state index contributed by atoms with van der Waals surface area (Å²) in [6.07, 6.45) is 47.5. The first-order valence-corrected chi connectivity index (χ1v) is 22.9. The van der Waals surface area contributed by atoms with E-state index < -0.39 is 26.0 Å². The number of ether oxygens (including phenoxy) is 2. The fourth-order valence-corrected chi connectivity index (χ4v) is 5.96. The third-order valence-electron chi connectivity index (χ3n) is 8.64. The molecule has 0 saturated heterocycles. The van der Waals surface area contributed by atoms with Crippen LogP contribution in [0.15, 0.2) is 85.3 Å². The minimum absolute atomic E-state index is 0.00570. The van der Waals surface area contributed by atoms with E-state index in [2.05, 4.69) is 44.2 Å². The number of unbranched alkanes of at least 4 members (excludes halogenated alkanes) is 12. The molecule has 0 saturated carbocycles. The van der Waals surface area contributed by atoms with Crippen molar-refractivity contribution in [2.75, 3.05) is 47.5 Å². The minimum atomic E-state index is -4.54. The molecule has 10 heteroatoms. The number of nitrogens with zero attached hydrogens (tertiary/aromatic N) is 1. The molecule has 9 nitrogen and oxygen atoms in total. The Balaban J connectivity index is 4.47. The molecular weight excluding hydrogens is 725 g/mol. The van der Waals surface area contributed by atoms with Crippen LogP contribution in [0.3, 0.4) is 0 Å². The third-order valence-corrected chi connectivity index (χ3v) is 9.61. The van der Waals surface area contributed by atoms with Crippen LogP contribution in [0.2, 0.25) is 0 Å². The van der Waals surface area contributed by atoms with Gasteiger partial charge in [-0.1, -0.05) is 157 Å². The number of phosphoric acid groups is 1. The van der Waals surface area contributed by atoms with Gasteiger partial charge in [-0.2, -0.15) is 0 Å². The summed E-state index contributed by atoms with van der Waals surface area (Å²) in [6, 6.07) is 0. The topological polar surface area (TPSA) is 114 Å². The highest BCUT2D eigenvalue weighted by Gasteiger charge is 2.19. The zero-order valence-corrected chi connectivity index (χ0v) is 36.8. The Morgan fingerprint density at radius 3 is 1.89 bits per heavy atom. The molecule has 0 aliphatic rings. The number of aliphatic hydroxyl groups excluding tert-OH is 1. The van der Waals surface area contributed by atoms with Gasteiger partial charge >= 0.3 is 5.97 Å². The fourth-order valence-electron chi connectivity index (χ4n) is 5.23. The summed E-state index contributed by atoms with van der Waals surface area (Å²) < 4.78 is 34.2. The van der Waals surface area contributed by atoms with Crippen LogP contribution in [-0.4, -0.2) is 75.3 Å². The molecule has 1 N–H and O–H groups in total. The van der Waals surface area contributed by atoms with E-state index in [1.54, 1.807) is 12.3 Å². The number of likely N-dealkylation sites (N-methyl/N-ethyl adjacent to an activating group) is 1. The molecule has 0 radical (unpaired) electrons. The van der Waals surface area contributed by atoms with Crippen LogP contribution >= 0.6 is 7.82 Å². The molecule has 0 amide bonds. The van der Waals surface area contributed by atoms with Crippen molar-refractivity contribution in [2.45, 2.75) is 154 Å². The lowest BCUT2D eigenvalue weighted by atomic mass is 10.0. The first-order valence-electron chi connectivity index (χ1n) is 21.5. The van der Waals surface area contributed by atoms with Crippen LogP contribution in [0.1, 0.15) is 142 Å². The molecule has 3 atom stereocenters. The normalized spacial score (nSPS) is 15.1. The number of quaternary nitrogens is 1. The zero-order chi connectivity index (χ0) is 41.4. The summed E-state index contributed by atoms with van der Waals surface area (Å²) >= 11 is 0. The van der Waals surface area contributed by atoms with Crippen molar-refractivity contribution in [3.05, 3.63) is 85.3 Å². The van der Waals surface area contributed by atoms with E-state index in [9.17, 15) is 19.4 Å². The van der Waals surface area contributed by atoms with E-state index >= 15 is 0 Å². The van der Waals surface area contributed by atoms with Crippen LogP contribution in [0, 0.1) is 0 Å². The number of carbonyl (C=O) groups excluding carboxylic acids is 1. The molecule has 322 valence electrons. The van der Waals surface area contributed by atoms with Crippen molar-refractivity contribution < 1.29 is 42.4 Å². The summed E-state index contributed by atoms with van der Waals surface area (Å²) in [6.45, 7) is 4.38. The van der Waals surface area contributed by atoms with Crippen molar-refractivity contribution in [2.24, 2.45) is 0 Å². The van der Waals surface area contributed by atoms with Crippen molar-refractivity contribution >= 4 is 13.8 Å². The van der Waals surface area contributed by atoms with Gasteiger partial charge in [0.2, 0.25) is 0 Å². The smallest absolute Gasteiger partial charge is 0.306 e. The van der Waals surface area contributed by atoms with Gasteiger partial charge < -0.3 is 33.0 Å². The average molecular weight is 806 g/mol. The van der Waals surface area contributed by atoms with Crippen LogP contribution in [0.5, 0.6) is 0 Å². The van der Waals surface area contributed by atoms with Gasteiger partial charge in [0.15, 0.2) is 6.10 Å². The molecular formula is C46H80NO8P. The quantitative estimate of drug-likeness (QED) is 0.0125. The number of hydrogen-bond acceptors (Lipinski definition) is 8. The van der Waals surface area contributed by atoms with E-state index in [1.165, 1.54) is 70.6 Å². The molecule has 0 bridgehead atoms. The van der Waals surface area contributed by atoms with Gasteiger partial charge in [-0.3, -0.25) is 9.36 Å². The molecule has 0 aliphatic heterocycles. The van der Waals surface area contributed by atoms with Crippen LogP contribution in [0.25, 0.3) is 0 Å². The van der Waals surface area contributed by atoms with Crippen molar-refractivity contribution in [3.8, 4) is 0 Å². The second-order valence-electron chi connectivity index (χ2n) is 15.2. The third kappa shape index (κ3) is 41.1. The SMILES string of the molecule is CC/C=C\CC(O)/C=C/C=C/C/C=C\C/C=C\C/C=C\CCC(=O)OC[C@H](COP(=O)([O-])OCC[N+](C)(C)C)O/C=C/CCCCCCCCCCCCCC. The maximum Gasteiger partial charge on any atom is 0.306 e. The molecule has 0 heterocycles. The zero-order valence-electron chi connectivity index (χ0n) is 35.9. The van der Waals surface area contributed by atoms with Crippen molar-refractivity contribution in [1.82, 2.24) is 0 Å². The Morgan fingerprint density at radius 1 is 0.696 bits per heavy atom. The lowest BCUT2D eigenvalue weighted by Gasteiger charge is -2.28. The van der Waals surface area contributed by atoms with Gasteiger partial charge in [0.25, 0.3) is 7.82 Å². The van der Waals surface area contributed by atoms with E-state index in [4.69, 9.17) is 18.5 Å². The highest BCUT2D eigenvalue weighted by atomic mass is 31.2. The van der Waals surface area contributed by atoms with Crippen LogP contribution in [-0.2, 0) is 27.9 Å². The van der Waals surface area contributed by atoms with Gasteiger partial charge in [-0.15, -0.1) is 0 Å². The van der Waals surface area contributed by atoms with E-state index in [0.29, 0.717) is 23.9 Å². The monoisotopic (exact) mass is 806 g/mol. The van der Waals surface area contributed by atoms with Gasteiger partial charge in [0, 0.05) is 6.42 Å². The Morgan fingerprint density at radius 2 is 1.29 bits per heavy atom. The lowest BCUT2D eigenvalue weighted by molar-refractivity contribution is -0.870. The molecule has 0 spiro atoms. The molecule has 0 aromatic carbocycles. The molecule has 0 aromatic rings. The van der Waals surface area contributed by atoms with Gasteiger partial charge in [-0.25, -0.2) is 0 Å². The van der Waals surface area contributed by atoms with E-state index in [0.717, 1.165) is 38.5 Å². The predicted octanol–water partition coefficient (Wildman–Crippen LogP) is 11.2. The average Bonchev–Trinajstić information content (AvgIpc) is 3.15. The number of rotatable bonds is 38. The lowest BCUT2D eigenvalue weighted by Crippen LogP contribution is -2.37. The summed E-state index contributed by atoms with van der Waals surface area (Å²) in [7, 11) is 1.29. The molecule has 56 heavy (non-hydrogen) atoms. The standard InChI is InChI=1S/C46H80NO8P/c1-6-8-10-11-12-13-14-15-19-22-25-28-31-35-40-52-45(43-55-56(50,51)54-41-39-47(3,4)5)42-53-46(49)38-34-30-27-24-21-18-16-17-20-23-26-29-33-37-44(48)36-32-9-7-2/h9,17-18,20-21,26-27,29-30,32-33,35,37,40,44-45,48H,6-8,10-16,19,22-25,28,31,34,36,38-39,41-43H2,1-5H3/b20-17-,21-18-,29-26+,30-27-,32-9-,37-33+,40-35+/t44?,45-/m1/s1. The van der Waals surface area contributed by atoms with Crippen molar-refractivity contribution in [3.63, 3.8) is 0 Å². The number of allylic oxidation sites excluding steroid dienone is 11. The van der Waals surface area contributed by atoms with Gasteiger partial charge in [0.05, 0.1) is 40.1 Å². The van der Waals surface area contributed by atoms with Crippen molar-refractivity contribution in [1.29, 1.82) is 0 Å². The molecule has 0 aliphatic carbocycles. The largest absolute Gasteiger partial charge is 0.756 e. The number of phosphoric ester groups is 1. The predicted molar refractivity (Wildman–Crippen MR) is 232 cm³/mol. The molecule has 0 aromatic heterocycles. The molecule has 2 unspecified atom stereocenters. The van der Waals surface area contributed by atoms with Gasteiger partial charge in [-0.05, 0) is 57.4 Å². The molecule has 0 fully saturated rings. The highest BCUT2D eigenvalue weighted by Crippen LogP contribution is 2.38. The Kier molecular flexibility index (Phi) is 36.3. The number of esters is 1. The van der Waals surface area contributed by atoms with Crippen LogP contribution in [0.4, 0.5) is 0 Å². The first-order chi connectivity index (χ1) is 27.0. The highest BCUT2D eigenvalue weighted by molar-refractivity contribution is 7.45. The summed E-state index contributed by atoms with van der Waals surface area (Å²) in [5, 5.41) is 9.84. The Bertz CT molecular complexity index is 1180. The van der Waals surface area contributed by atoms with Gasteiger partial charge in [0.1, 0.15) is 19.8 Å². The summed E-state index contributed by atoms with van der Waals surface area (Å²) in [5.41, 5.74) is 0. The van der Waals surface area contributed by atoms with Crippen LogP contribution < -0.4 is 4.89 Å². The summed E-state index contributed by atoms with van der Waals surface area (Å²) in [4.78, 5) is 24.8. The first kappa shape index (κ1) is 53.5. The Hall–Kier alpha value is -2.52. The second-order valence-corrected chi connectivity index (χ2v) is 16.6. The summed E-state index contributed by atoms with van der Waals surface area (Å²) in [5.74, 6) is -0.390.